The summed E-state index contributed by atoms with van der Waals surface area (Å²) >= 11 is 2.35. The number of alkyl halides is 1. The highest BCUT2D eigenvalue weighted by Gasteiger charge is 2.38. The minimum atomic E-state index is -0.362. The van der Waals surface area contributed by atoms with Gasteiger partial charge in [-0.25, -0.2) is 0 Å². The maximum Gasteiger partial charge on any atom is 0.0654 e. The molecular weight excluding hydrogens is 371 g/mol. The van der Waals surface area contributed by atoms with Crippen molar-refractivity contribution in [2.45, 2.75) is 25.3 Å². The lowest BCUT2D eigenvalue weighted by Gasteiger charge is -2.41. The first kappa shape index (κ1) is 16.7. The van der Waals surface area contributed by atoms with E-state index in [2.05, 4.69) is 83.4 Å². The molecule has 1 aliphatic rings. The van der Waals surface area contributed by atoms with Gasteiger partial charge in [-0.3, -0.25) is 0 Å². The molecule has 3 heteroatoms. The van der Waals surface area contributed by atoms with E-state index in [0.29, 0.717) is 5.92 Å². The Morgan fingerprint density at radius 2 is 2.00 bits per heavy atom. The van der Waals surface area contributed by atoms with Gasteiger partial charge in [0.15, 0.2) is 0 Å². The van der Waals surface area contributed by atoms with Crippen molar-refractivity contribution < 1.29 is 0 Å². The molecule has 1 fully saturated rings. The van der Waals surface area contributed by atoms with Crippen LogP contribution in [0.3, 0.4) is 0 Å². The summed E-state index contributed by atoms with van der Waals surface area (Å²) in [6.45, 7) is 4.30. The molecule has 114 valence electrons. The van der Waals surface area contributed by atoms with Gasteiger partial charge in [0.2, 0.25) is 0 Å². The van der Waals surface area contributed by atoms with Gasteiger partial charge in [0.1, 0.15) is 0 Å². The summed E-state index contributed by atoms with van der Waals surface area (Å²) in [4.78, 5) is 0. The topological polar surface area (TPSA) is 38.0 Å². The van der Waals surface area contributed by atoms with E-state index in [1.54, 1.807) is 0 Å². The van der Waals surface area contributed by atoms with Crippen molar-refractivity contribution in [2.24, 2.45) is 11.7 Å². The van der Waals surface area contributed by atoms with E-state index in [-0.39, 0.29) is 5.54 Å². The third-order valence-electron chi connectivity index (χ3n) is 4.46. The van der Waals surface area contributed by atoms with Crippen LogP contribution in [0, 0.1) is 5.92 Å². The second kappa shape index (κ2) is 8.11. The highest BCUT2D eigenvalue weighted by Crippen LogP contribution is 2.38. The Morgan fingerprint density at radius 1 is 1.33 bits per heavy atom. The maximum atomic E-state index is 6.99. The second-order valence-electron chi connectivity index (χ2n) is 5.69. The first-order valence-electron chi connectivity index (χ1n) is 7.64. The number of halogens is 1. The third kappa shape index (κ3) is 3.96. The summed E-state index contributed by atoms with van der Waals surface area (Å²) in [7, 11) is 0. The zero-order chi connectivity index (χ0) is 15.1. The molecule has 1 unspecified atom stereocenters. The van der Waals surface area contributed by atoms with Gasteiger partial charge in [0.05, 0.1) is 5.54 Å². The van der Waals surface area contributed by atoms with Gasteiger partial charge in [-0.05, 0) is 49.9 Å². The quantitative estimate of drug-likeness (QED) is 0.452. The minimum Gasteiger partial charge on any atom is -0.318 e. The second-order valence-corrected chi connectivity index (χ2v) is 6.57. The summed E-state index contributed by atoms with van der Waals surface area (Å²) in [5, 5.41) is 3.44. The Bertz CT molecular complexity index is 489. The van der Waals surface area contributed by atoms with Crippen LogP contribution in [0.1, 0.15) is 25.3 Å². The third-order valence-corrected chi connectivity index (χ3v) is 4.97. The molecule has 21 heavy (non-hydrogen) atoms. The van der Waals surface area contributed by atoms with Crippen LogP contribution in [0.4, 0.5) is 0 Å². The smallest absolute Gasteiger partial charge is 0.0654 e. The first-order chi connectivity index (χ1) is 10.2. The van der Waals surface area contributed by atoms with Crippen LogP contribution in [0.5, 0.6) is 0 Å². The number of rotatable bonds is 5. The van der Waals surface area contributed by atoms with Crippen LogP contribution in [-0.4, -0.2) is 17.5 Å². The van der Waals surface area contributed by atoms with E-state index in [4.69, 9.17) is 5.73 Å². The highest BCUT2D eigenvalue weighted by atomic mass is 127. The van der Waals surface area contributed by atoms with Crippen molar-refractivity contribution in [1.82, 2.24) is 5.32 Å². The number of benzene rings is 1. The number of hydrogen-bond acceptors (Lipinski definition) is 2. The Morgan fingerprint density at radius 3 is 2.62 bits per heavy atom. The zero-order valence-electron chi connectivity index (χ0n) is 12.7. The zero-order valence-corrected chi connectivity index (χ0v) is 14.8. The molecule has 1 aromatic carbocycles. The molecule has 0 aromatic heterocycles. The van der Waals surface area contributed by atoms with Gasteiger partial charge in [-0.15, -0.1) is 0 Å². The van der Waals surface area contributed by atoms with Crippen LogP contribution in [-0.2, 0) is 5.54 Å². The lowest BCUT2D eigenvalue weighted by Crippen LogP contribution is -2.49. The molecule has 0 saturated carbocycles. The fraction of sp³-hybridized carbons (Fsp3) is 0.444. The van der Waals surface area contributed by atoms with Crippen molar-refractivity contribution in [1.29, 1.82) is 0 Å². The van der Waals surface area contributed by atoms with Crippen molar-refractivity contribution in [3.63, 3.8) is 0 Å². The van der Waals surface area contributed by atoms with E-state index < -0.39 is 0 Å². The summed E-state index contributed by atoms with van der Waals surface area (Å²) in [5.41, 5.74) is 9.11. The van der Waals surface area contributed by atoms with Gasteiger partial charge in [-0.2, -0.15) is 0 Å². The van der Waals surface area contributed by atoms with E-state index in [1.165, 1.54) is 11.1 Å². The van der Waals surface area contributed by atoms with Crippen molar-refractivity contribution in [3.8, 4) is 0 Å². The first-order valence-corrected chi connectivity index (χ1v) is 9.17. The monoisotopic (exact) mass is 396 g/mol. The molecule has 1 aromatic rings. The Kier molecular flexibility index (Phi) is 6.45. The minimum absolute atomic E-state index is 0.362. The SMILES string of the molecule is C/C(=C\C=C/CI)C(N)(c1ccccc1)C1CCNCC1. The van der Waals surface area contributed by atoms with Crippen LogP contribution < -0.4 is 11.1 Å². The maximum absolute atomic E-state index is 6.99. The Labute approximate surface area is 142 Å². The summed E-state index contributed by atoms with van der Waals surface area (Å²) in [6, 6.07) is 10.6. The van der Waals surface area contributed by atoms with E-state index in [1.807, 2.05) is 0 Å². The molecule has 3 N–H and O–H groups in total. The molecule has 1 atom stereocenters. The average molecular weight is 396 g/mol. The molecule has 0 radical (unpaired) electrons. The standard InChI is InChI=1S/C18H25IN2/c1-15(7-5-6-12-19)18(20,16-8-3-2-4-9-16)17-10-13-21-14-11-17/h2-9,17,21H,10-14,20H2,1H3/b6-5-,15-7+. The van der Waals surface area contributed by atoms with Crippen LogP contribution in [0.15, 0.2) is 54.1 Å². The predicted molar refractivity (Wildman–Crippen MR) is 99.7 cm³/mol. The normalized spacial score (nSPS) is 20.6. The van der Waals surface area contributed by atoms with E-state index in [0.717, 1.165) is 30.4 Å². The highest BCUT2D eigenvalue weighted by molar-refractivity contribution is 14.1. The Balaban J connectivity index is 2.38. The predicted octanol–water partition coefficient (Wildman–Crippen LogP) is 3.78. The number of nitrogens with two attached hydrogens (primary N) is 1. The molecule has 0 aliphatic carbocycles. The summed E-state index contributed by atoms with van der Waals surface area (Å²) in [6.07, 6.45) is 8.75. The van der Waals surface area contributed by atoms with Crippen LogP contribution in [0.2, 0.25) is 0 Å². The van der Waals surface area contributed by atoms with Crippen molar-refractivity contribution in [3.05, 3.63) is 59.7 Å². The van der Waals surface area contributed by atoms with Crippen molar-refractivity contribution in [2.75, 3.05) is 17.5 Å². The number of nitrogens with one attached hydrogen (secondary N) is 1. The molecular formula is C18H25IN2. The molecule has 0 amide bonds. The van der Waals surface area contributed by atoms with Gasteiger partial charge in [-0.1, -0.05) is 71.2 Å². The van der Waals surface area contributed by atoms with Gasteiger partial charge in [0, 0.05) is 4.43 Å². The molecule has 1 heterocycles. The van der Waals surface area contributed by atoms with Crippen molar-refractivity contribution >= 4 is 22.6 Å². The van der Waals surface area contributed by atoms with E-state index >= 15 is 0 Å². The molecule has 2 rings (SSSR count). The number of allylic oxidation sites excluding steroid dienone is 3. The molecule has 2 nitrogen and oxygen atoms in total. The largest absolute Gasteiger partial charge is 0.318 e. The van der Waals surface area contributed by atoms with Crippen LogP contribution >= 0.6 is 22.6 Å². The number of piperidine rings is 1. The summed E-state index contributed by atoms with van der Waals surface area (Å²) < 4.78 is 1.03. The molecule has 0 spiro atoms. The van der Waals surface area contributed by atoms with Crippen LogP contribution in [0.25, 0.3) is 0 Å². The fourth-order valence-electron chi connectivity index (χ4n) is 3.18. The average Bonchev–Trinajstić information content (AvgIpc) is 2.56. The molecule has 1 aliphatic heterocycles. The Hall–Kier alpha value is -0.650. The number of hydrogen-bond donors (Lipinski definition) is 2. The van der Waals surface area contributed by atoms with Gasteiger partial charge in [0.25, 0.3) is 0 Å². The molecule has 0 bridgehead atoms. The van der Waals surface area contributed by atoms with Gasteiger partial charge < -0.3 is 11.1 Å². The van der Waals surface area contributed by atoms with Gasteiger partial charge >= 0.3 is 0 Å². The van der Waals surface area contributed by atoms with E-state index in [9.17, 15) is 0 Å². The lowest BCUT2D eigenvalue weighted by molar-refractivity contribution is 0.250. The lowest BCUT2D eigenvalue weighted by atomic mass is 9.70. The fourth-order valence-corrected chi connectivity index (χ4v) is 3.47. The molecule has 1 saturated heterocycles. The summed E-state index contributed by atoms with van der Waals surface area (Å²) in [5.74, 6) is 0.491.